The Labute approximate surface area is 173 Å². The first-order chi connectivity index (χ1) is 14.0. The first kappa shape index (κ1) is 23.1. The summed E-state index contributed by atoms with van der Waals surface area (Å²) in [5.41, 5.74) is 4.85. The maximum Gasteiger partial charge on any atom is 0.408 e. The number of carbonyl (C=O) groups excluding carboxylic acids is 2. The number of amides is 1. The Morgan fingerprint density at radius 3 is 2.63 bits per heavy atom. The molecule has 0 saturated heterocycles. The highest BCUT2D eigenvalue weighted by Gasteiger charge is 2.28. The van der Waals surface area contributed by atoms with Gasteiger partial charge in [0.2, 0.25) is 5.95 Å². The second-order valence-electron chi connectivity index (χ2n) is 7.91. The molecule has 0 saturated carbocycles. The van der Waals surface area contributed by atoms with Crippen molar-refractivity contribution < 1.29 is 23.8 Å². The molecule has 2 rings (SSSR count). The van der Waals surface area contributed by atoms with E-state index in [0.29, 0.717) is 0 Å². The smallest absolute Gasteiger partial charge is 0.408 e. The van der Waals surface area contributed by atoms with Gasteiger partial charge in [-0.25, -0.2) is 14.6 Å². The van der Waals surface area contributed by atoms with Crippen LogP contribution >= 0.6 is 0 Å². The van der Waals surface area contributed by atoms with Gasteiger partial charge in [-0.2, -0.15) is 4.98 Å². The predicted octanol–water partition coefficient (Wildman–Crippen LogP) is 0.768. The number of nitrogens with two attached hydrogens (primary N) is 1. The summed E-state index contributed by atoms with van der Waals surface area (Å²) in [6.45, 7) is 8.85. The zero-order valence-electron chi connectivity index (χ0n) is 17.7. The van der Waals surface area contributed by atoms with Crippen LogP contribution in [0.4, 0.5) is 10.7 Å². The molecule has 30 heavy (non-hydrogen) atoms. The molecular weight excluding hydrogens is 396 g/mol. The molecule has 0 bridgehead atoms. The summed E-state index contributed by atoms with van der Waals surface area (Å²) in [5.74, 6) is -0.813. The highest BCUT2D eigenvalue weighted by atomic mass is 16.6. The molecule has 1 amide bonds. The number of nitrogens with zero attached hydrogens (tertiary/aromatic N) is 3. The summed E-state index contributed by atoms with van der Waals surface area (Å²) in [7, 11) is 0. The Hall–Kier alpha value is -3.15. The molecule has 12 nitrogen and oxygen atoms in total. The maximum absolute atomic E-state index is 12.3. The van der Waals surface area contributed by atoms with E-state index in [1.165, 1.54) is 10.9 Å². The number of esters is 1. The summed E-state index contributed by atoms with van der Waals surface area (Å²) < 4.78 is 17.3. The number of anilines is 1. The van der Waals surface area contributed by atoms with Crippen LogP contribution in [-0.2, 0) is 25.7 Å². The maximum atomic E-state index is 12.3. The van der Waals surface area contributed by atoms with Crippen molar-refractivity contribution in [2.24, 2.45) is 5.92 Å². The van der Waals surface area contributed by atoms with Crippen LogP contribution in [0.3, 0.4) is 0 Å². The summed E-state index contributed by atoms with van der Waals surface area (Å²) in [6.07, 6.45) is 0.709. The van der Waals surface area contributed by atoms with Gasteiger partial charge in [-0.3, -0.25) is 14.3 Å². The van der Waals surface area contributed by atoms with Crippen LogP contribution < -0.4 is 16.6 Å². The van der Waals surface area contributed by atoms with E-state index in [-0.39, 0.29) is 43.0 Å². The Bertz CT molecular complexity index is 945. The van der Waals surface area contributed by atoms with Crippen molar-refractivity contribution in [3.63, 3.8) is 0 Å². The number of H-pyrrole nitrogens is 1. The summed E-state index contributed by atoms with van der Waals surface area (Å²) >= 11 is 0. The number of nitrogens with one attached hydrogen (secondary N) is 2. The highest BCUT2D eigenvalue weighted by molar-refractivity contribution is 5.81. The molecule has 0 spiro atoms. The second-order valence-corrected chi connectivity index (χ2v) is 7.91. The molecule has 0 fully saturated rings. The van der Waals surface area contributed by atoms with Crippen molar-refractivity contribution in [2.75, 3.05) is 18.9 Å². The van der Waals surface area contributed by atoms with E-state index in [1.807, 2.05) is 0 Å². The minimum atomic E-state index is -0.851. The number of imidazole rings is 1. The third-order valence-electron chi connectivity index (χ3n) is 3.79. The van der Waals surface area contributed by atoms with E-state index in [0.717, 1.165) is 0 Å². The van der Waals surface area contributed by atoms with Crippen LogP contribution in [0.5, 0.6) is 0 Å². The normalized spacial score (nSPS) is 12.7. The number of alkyl carbamates (subject to hydrolysis) is 1. The van der Waals surface area contributed by atoms with Gasteiger partial charge in [-0.1, -0.05) is 13.8 Å². The third kappa shape index (κ3) is 6.44. The van der Waals surface area contributed by atoms with Crippen molar-refractivity contribution in [2.45, 2.75) is 53.0 Å². The van der Waals surface area contributed by atoms with Crippen LogP contribution in [0.1, 0.15) is 34.6 Å². The lowest BCUT2D eigenvalue weighted by molar-refractivity contribution is -0.149. The zero-order valence-corrected chi connectivity index (χ0v) is 17.7. The quantitative estimate of drug-likeness (QED) is 0.410. The SMILES string of the molecule is CC(C)C(NC(=O)OC(C)(C)C)C(=O)OCCOCn1cnc2c(=O)[nH]c(N)nc21. The van der Waals surface area contributed by atoms with Gasteiger partial charge < -0.3 is 25.3 Å². The van der Waals surface area contributed by atoms with Crippen LogP contribution in [0.2, 0.25) is 0 Å². The number of aromatic amines is 1. The average molecular weight is 424 g/mol. The lowest BCUT2D eigenvalue weighted by Gasteiger charge is -2.24. The molecule has 2 aromatic rings. The Morgan fingerprint density at radius 1 is 1.30 bits per heavy atom. The summed E-state index contributed by atoms with van der Waals surface area (Å²) in [4.78, 5) is 46.3. The minimum Gasteiger partial charge on any atom is -0.462 e. The lowest BCUT2D eigenvalue weighted by Crippen LogP contribution is -2.47. The fourth-order valence-corrected chi connectivity index (χ4v) is 2.45. The van der Waals surface area contributed by atoms with Crippen molar-refractivity contribution in [3.8, 4) is 0 Å². The molecule has 12 heteroatoms. The number of fused-ring (bicyclic) bond motifs is 1. The molecule has 0 aliphatic heterocycles. The van der Waals surface area contributed by atoms with E-state index in [2.05, 4.69) is 20.3 Å². The monoisotopic (exact) mass is 424 g/mol. The average Bonchev–Trinajstić information content (AvgIpc) is 3.00. The van der Waals surface area contributed by atoms with E-state index in [9.17, 15) is 14.4 Å². The van der Waals surface area contributed by atoms with Gasteiger partial charge in [0.25, 0.3) is 5.56 Å². The topological polar surface area (TPSA) is 163 Å². The first-order valence-electron chi connectivity index (χ1n) is 9.42. The van der Waals surface area contributed by atoms with Crippen LogP contribution in [0, 0.1) is 5.92 Å². The van der Waals surface area contributed by atoms with Gasteiger partial charge in [0.15, 0.2) is 11.2 Å². The van der Waals surface area contributed by atoms with Crippen molar-refractivity contribution in [1.29, 1.82) is 0 Å². The van der Waals surface area contributed by atoms with Gasteiger partial charge in [-0.05, 0) is 26.7 Å². The molecule has 0 aliphatic carbocycles. The summed E-state index contributed by atoms with van der Waals surface area (Å²) in [6, 6.07) is -0.851. The fourth-order valence-electron chi connectivity index (χ4n) is 2.45. The standard InChI is InChI=1S/C18H28N6O6/c1-10(2)11(21-17(27)30-18(3,4)5)15(26)29-7-6-28-9-24-8-20-12-13(24)22-16(19)23-14(12)25/h8,10-11H,6-7,9H2,1-5H3,(H,21,27)(H3,19,22,23,25). The van der Waals surface area contributed by atoms with Crippen LogP contribution in [-0.4, -0.2) is 56.4 Å². The largest absolute Gasteiger partial charge is 0.462 e. The molecule has 1 atom stereocenters. The van der Waals surface area contributed by atoms with E-state index in [4.69, 9.17) is 19.9 Å². The third-order valence-corrected chi connectivity index (χ3v) is 3.79. The number of hydrogen-bond donors (Lipinski definition) is 3. The summed E-state index contributed by atoms with van der Waals surface area (Å²) in [5, 5.41) is 2.53. The Balaban J connectivity index is 1.82. The molecule has 0 aromatic carbocycles. The van der Waals surface area contributed by atoms with Crippen molar-refractivity contribution in [3.05, 3.63) is 16.7 Å². The van der Waals surface area contributed by atoms with E-state index < -0.39 is 29.3 Å². The second kappa shape index (κ2) is 9.57. The van der Waals surface area contributed by atoms with Crippen LogP contribution in [0.15, 0.2) is 11.1 Å². The van der Waals surface area contributed by atoms with Gasteiger partial charge >= 0.3 is 12.1 Å². The molecule has 2 heterocycles. The number of nitrogen functional groups attached to an aromatic ring is 1. The number of hydrogen-bond acceptors (Lipinski definition) is 9. The number of aromatic nitrogens is 4. The van der Waals surface area contributed by atoms with Gasteiger partial charge in [-0.15, -0.1) is 0 Å². The zero-order chi connectivity index (χ0) is 22.5. The molecule has 0 radical (unpaired) electrons. The molecule has 1 unspecified atom stereocenters. The number of carbonyl (C=O) groups is 2. The van der Waals surface area contributed by atoms with Gasteiger partial charge in [0.05, 0.1) is 12.9 Å². The molecular formula is C18H28N6O6. The molecule has 2 aromatic heterocycles. The van der Waals surface area contributed by atoms with Gasteiger partial charge in [0, 0.05) is 0 Å². The highest BCUT2D eigenvalue weighted by Crippen LogP contribution is 2.10. The molecule has 0 aliphatic rings. The molecule has 4 N–H and O–H groups in total. The van der Waals surface area contributed by atoms with E-state index >= 15 is 0 Å². The minimum absolute atomic E-state index is 0.0270. The predicted molar refractivity (Wildman–Crippen MR) is 107 cm³/mol. The lowest BCUT2D eigenvalue weighted by atomic mass is 10.1. The van der Waals surface area contributed by atoms with Crippen molar-refractivity contribution >= 4 is 29.2 Å². The Kier molecular flexibility index (Phi) is 7.38. The van der Waals surface area contributed by atoms with Gasteiger partial charge in [0.1, 0.15) is 25.0 Å². The van der Waals surface area contributed by atoms with Crippen LogP contribution in [0.25, 0.3) is 11.2 Å². The van der Waals surface area contributed by atoms with E-state index in [1.54, 1.807) is 34.6 Å². The number of ether oxygens (including phenoxy) is 3. The Morgan fingerprint density at radius 2 is 2.00 bits per heavy atom. The number of rotatable bonds is 8. The first-order valence-corrected chi connectivity index (χ1v) is 9.42. The molecule has 166 valence electrons. The van der Waals surface area contributed by atoms with Crippen molar-refractivity contribution in [1.82, 2.24) is 24.8 Å². The fraction of sp³-hybridized carbons (Fsp3) is 0.611.